The van der Waals surface area contributed by atoms with Crippen LogP contribution in [0.15, 0.2) is 45.9 Å². The van der Waals surface area contributed by atoms with Crippen LogP contribution in [0.5, 0.6) is 0 Å². The van der Waals surface area contributed by atoms with Crippen molar-refractivity contribution in [3.05, 3.63) is 53.5 Å². The Morgan fingerprint density at radius 3 is 2.52 bits per heavy atom. The van der Waals surface area contributed by atoms with E-state index in [0.29, 0.717) is 25.1 Å². The third-order valence-corrected chi connectivity index (χ3v) is 7.61. The number of hydrogen-bond acceptors (Lipinski definition) is 6. The number of carbonyl (C=O) groups is 1. The fraction of sp³-hybridized carbons (Fsp3) is 0.476. The van der Waals surface area contributed by atoms with Gasteiger partial charge in [0.15, 0.2) is 0 Å². The maximum Gasteiger partial charge on any atom is 0.276 e. The highest BCUT2D eigenvalue weighted by Gasteiger charge is 2.34. The van der Waals surface area contributed by atoms with Crippen molar-refractivity contribution in [3.8, 4) is 0 Å². The van der Waals surface area contributed by atoms with Crippen molar-refractivity contribution < 1.29 is 22.0 Å². The Bertz CT molecular complexity index is 1020. The maximum atomic E-state index is 13.0. The minimum Gasteiger partial charge on any atom is -0.447 e. The second kappa shape index (κ2) is 9.07. The fourth-order valence-corrected chi connectivity index (χ4v) is 5.37. The number of rotatable bonds is 6. The maximum absolute atomic E-state index is 13.0. The molecule has 2 aliphatic rings. The van der Waals surface area contributed by atoms with Gasteiger partial charge in [-0.3, -0.25) is 10.2 Å². The predicted octanol–water partition coefficient (Wildman–Crippen LogP) is 2.06. The average Bonchev–Trinajstić information content (AvgIpc) is 3.43. The van der Waals surface area contributed by atoms with Crippen molar-refractivity contribution in [1.82, 2.24) is 20.5 Å². The SMILES string of the molecule is CC1CC(c2ccc(S(=O)(=O)N3CCC(C(=O)NCc4ccc(F)cc4)CC3)o2)NN1. The van der Waals surface area contributed by atoms with Crippen molar-refractivity contribution in [2.75, 3.05) is 13.1 Å². The van der Waals surface area contributed by atoms with Gasteiger partial charge in [-0.05, 0) is 56.0 Å². The molecule has 10 heteroatoms. The van der Waals surface area contributed by atoms with E-state index < -0.39 is 10.0 Å². The van der Waals surface area contributed by atoms with Crippen LogP contribution in [0, 0.1) is 11.7 Å². The Morgan fingerprint density at radius 1 is 1.16 bits per heavy atom. The molecule has 2 aliphatic heterocycles. The molecule has 0 spiro atoms. The molecular weight excluding hydrogens is 423 g/mol. The fourth-order valence-electron chi connectivity index (χ4n) is 3.98. The summed E-state index contributed by atoms with van der Waals surface area (Å²) in [6.07, 6.45) is 1.69. The molecule has 8 nitrogen and oxygen atoms in total. The van der Waals surface area contributed by atoms with Crippen LogP contribution < -0.4 is 16.2 Å². The Labute approximate surface area is 181 Å². The molecule has 2 unspecified atom stereocenters. The lowest BCUT2D eigenvalue weighted by molar-refractivity contribution is -0.126. The quantitative estimate of drug-likeness (QED) is 0.623. The summed E-state index contributed by atoms with van der Waals surface area (Å²) >= 11 is 0. The summed E-state index contributed by atoms with van der Waals surface area (Å²) in [4.78, 5) is 12.5. The van der Waals surface area contributed by atoms with Crippen molar-refractivity contribution in [3.63, 3.8) is 0 Å². The van der Waals surface area contributed by atoms with Gasteiger partial charge in [0, 0.05) is 31.6 Å². The number of nitrogens with one attached hydrogen (secondary N) is 3. The minimum atomic E-state index is -3.74. The van der Waals surface area contributed by atoms with Crippen molar-refractivity contribution in [2.24, 2.45) is 5.92 Å². The van der Waals surface area contributed by atoms with Crippen molar-refractivity contribution in [1.29, 1.82) is 0 Å². The molecule has 0 bridgehead atoms. The van der Waals surface area contributed by atoms with E-state index in [0.717, 1.165) is 12.0 Å². The number of piperidine rings is 1. The Morgan fingerprint density at radius 2 is 1.87 bits per heavy atom. The summed E-state index contributed by atoms with van der Waals surface area (Å²) in [5, 5.41) is 2.78. The number of hydrogen-bond donors (Lipinski definition) is 3. The molecule has 0 saturated carbocycles. The van der Waals surface area contributed by atoms with E-state index in [9.17, 15) is 17.6 Å². The van der Waals surface area contributed by atoms with E-state index in [4.69, 9.17) is 4.42 Å². The number of sulfonamides is 1. The monoisotopic (exact) mass is 450 g/mol. The van der Waals surface area contributed by atoms with Gasteiger partial charge < -0.3 is 9.73 Å². The first-order chi connectivity index (χ1) is 14.8. The number of amides is 1. The third-order valence-electron chi connectivity index (χ3n) is 5.84. The predicted molar refractivity (Wildman–Crippen MR) is 112 cm³/mol. The molecule has 168 valence electrons. The summed E-state index contributed by atoms with van der Waals surface area (Å²) in [6.45, 7) is 2.86. The minimum absolute atomic E-state index is 0.0607. The summed E-state index contributed by atoms with van der Waals surface area (Å²) in [5.41, 5.74) is 7.00. The molecule has 3 heterocycles. The molecule has 3 N–H and O–H groups in total. The smallest absolute Gasteiger partial charge is 0.276 e. The van der Waals surface area contributed by atoms with Crippen LogP contribution in [0.4, 0.5) is 4.39 Å². The lowest BCUT2D eigenvalue weighted by Crippen LogP contribution is -2.42. The molecule has 1 amide bonds. The highest BCUT2D eigenvalue weighted by atomic mass is 32.2. The number of halogens is 1. The van der Waals surface area contributed by atoms with E-state index in [2.05, 4.69) is 16.2 Å². The summed E-state index contributed by atoms with van der Waals surface area (Å²) in [6, 6.07) is 9.37. The molecule has 31 heavy (non-hydrogen) atoms. The zero-order chi connectivity index (χ0) is 22.0. The first-order valence-electron chi connectivity index (χ1n) is 10.5. The number of benzene rings is 1. The van der Waals surface area contributed by atoms with Gasteiger partial charge in [0.25, 0.3) is 10.0 Å². The van der Waals surface area contributed by atoms with Gasteiger partial charge in [-0.15, -0.1) is 0 Å². The standard InChI is InChI=1S/C21H27FN4O4S/c1-14-12-18(25-24-14)19-6-7-20(30-19)31(28,29)26-10-8-16(9-11-26)21(27)23-13-15-2-4-17(22)5-3-15/h2-7,14,16,18,24-25H,8-13H2,1H3,(H,23,27). The first-order valence-corrected chi connectivity index (χ1v) is 11.9. The number of nitrogens with zero attached hydrogens (tertiary/aromatic N) is 1. The third kappa shape index (κ3) is 4.98. The van der Waals surface area contributed by atoms with Gasteiger partial charge >= 0.3 is 0 Å². The van der Waals surface area contributed by atoms with Gasteiger partial charge in [-0.1, -0.05) is 12.1 Å². The van der Waals surface area contributed by atoms with Crippen LogP contribution in [-0.4, -0.2) is 37.8 Å². The van der Waals surface area contributed by atoms with Crippen molar-refractivity contribution in [2.45, 2.75) is 49.9 Å². The van der Waals surface area contributed by atoms with Gasteiger partial charge in [-0.2, -0.15) is 4.31 Å². The first kappa shape index (κ1) is 21.9. The summed E-state index contributed by atoms with van der Waals surface area (Å²) in [7, 11) is -3.74. The number of hydrazine groups is 1. The van der Waals surface area contributed by atoms with Crippen molar-refractivity contribution >= 4 is 15.9 Å². The molecule has 4 rings (SSSR count). The second-order valence-corrected chi connectivity index (χ2v) is 10.0. The van der Waals surface area contributed by atoms with Gasteiger partial charge in [-0.25, -0.2) is 18.2 Å². The molecule has 1 aromatic heterocycles. The van der Waals surface area contributed by atoms with Crippen LogP contribution in [0.3, 0.4) is 0 Å². The van der Waals surface area contributed by atoms with E-state index in [1.165, 1.54) is 22.5 Å². The highest BCUT2D eigenvalue weighted by Crippen LogP contribution is 2.29. The Kier molecular flexibility index (Phi) is 6.42. The molecule has 2 saturated heterocycles. The van der Waals surface area contributed by atoms with Gasteiger partial charge in [0.1, 0.15) is 11.6 Å². The number of carbonyl (C=O) groups excluding carboxylic acids is 1. The van der Waals surface area contributed by atoms with E-state index in [1.54, 1.807) is 18.2 Å². The Balaban J connectivity index is 1.31. The van der Waals surface area contributed by atoms with Crippen LogP contribution in [0.2, 0.25) is 0 Å². The molecule has 2 atom stereocenters. The normalized spacial score (nSPS) is 23.2. The summed E-state index contributed by atoms with van der Waals surface area (Å²) < 4.78 is 45.9. The largest absolute Gasteiger partial charge is 0.447 e. The average molecular weight is 451 g/mol. The Hall–Kier alpha value is -2.27. The van der Waals surface area contributed by atoms with E-state index >= 15 is 0 Å². The van der Waals surface area contributed by atoms with Gasteiger partial charge in [0.2, 0.25) is 11.0 Å². The second-order valence-electron chi connectivity index (χ2n) is 8.16. The molecule has 2 aromatic rings. The van der Waals surface area contributed by atoms with E-state index in [-0.39, 0.29) is 47.9 Å². The number of furan rings is 1. The van der Waals surface area contributed by atoms with Crippen LogP contribution in [-0.2, 0) is 21.4 Å². The lowest BCUT2D eigenvalue weighted by Gasteiger charge is -2.29. The van der Waals surface area contributed by atoms with Crippen LogP contribution >= 0.6 is 0 Å². The van der Waals surface area contributed by atoms with Gasteiger partial charge in [0.05, 0.1) is 6.04 Å². The molecular formula is C21H27FN4O4S. The highest BCUT2D eigenvalue weighted by molar-refractivity contribution is 7.89. The zero-order valence-corrected chi connectivity index (χ0v) is 18.1. The lowest BCUT2D eigenvalue weighted by atomic mass is 9.97. The zero-order valence-electron chi connectivity index (χ0n) is 17.3. The molecule has 1 aromatic carbocycles. The summed E-state index contributed by atoms with van der Waals surface area (Å²) in [5.74, 6) is -0.103. The molecule has 0 aliphatic carbocycles. The topological polar surface area (TPSA) is 104 Å². The van der Waals surface area contributed by atoms with Crippen LogP contribution in [0.25, 0.3) is 0 Å². The molecule has 2 fully saturated rings. The van der Waals surface area contributed by atoms with E-state index in [1.807, 2.05) is 6.92 Å². The molecule has 0 radical (unpaired) electrons. The van der Waals surface area contributed by atoms with Crippen LogP contribution in [0.1, 0.15) is 43.6 Å².